The highest BCUT2D eigenvalue weighted by Crippen LogP contribution is 2.05. The monoisotopic (exact) mass is 160 g/mol. The van der Waals surface area contributed by atoms with E-state index in [1.807, 2.05) is 0 Å². The van der Waals surface area contributed by atoms with Crippen LogP contribution in [0.1, 0.15) is 26.7 Å². The lowest BCUT2D eigenvalue weighted by atomic mass is 10.0. The number of nitrogens with two attached hydrogens (primary N) is 2. The van der Waals surface area contributed by atoms with Crippen LogP contribution in [0.2, 0.25) is 0 Å². The summed E-state index contributed by atoms with van der Waals surface area (Å²) in [6, 6.07) is -0.0857. The smallest absolute Gasteiger partial charge is 0.0897 e. The molecule has 0 aromatic rings. The normalized spacial score (nSPS) is 13.6. The van der Waals surface area contributed by atoms with Gasteiger partial charge in [-0.2, -0.15) is 0 Å². The Balaban J connectivity index is 3.40. The van der Waals surface area contributed by atoms with Crippen LogP contribution in [-0.2, 0) is 0 Å². The molecule has 0 aliphatic rings. The zero-order valence-corrected chi connectivity index (χ0v) is 7.45. The first-order chi connectivity index (χ1) is 4.54. The van der Waals surface area contributed by atoms with E-state index in [0.29, 0.717) is 10.9 Å². The maximum absolute atomic E-state index is 5.60. The highest BCUT2D eigenvalue weighted by molar-refractivity contribution is 7.80. The molecule has 0 aromatic carbocycles. The van der Waals surface area contributed by atoms with Gasteiger partial charge in [-0.25, -0.2) is 0 Å². The Bertz CT molecular complexity index is 112. The van der Waals surface area contributed by atoms with Crippen LogP contribution in [0.3, 0.4) is 0 Å². The molecule has 0 spiro atoms. The summed E-state index contributed by atoms with van der Waals surface area (Å²) in [5, 5.41) is 0. The molecule has 0 aromatic heterocycles. The van der Waals surface area contributed by atoms with E-state index in [1.54, 1.807) is 0 Å². The average Bonchev–Trinajstić information content (AvgIpc) is 1.82. The molecule has 0 aliphatic carbocycles. The second kappa shape index (κ2) is 4.63. The summed E-state index contributed by atoms with van der Waals surface area (Å²) < 4.78 is 0. The lowest BCUT2D eigenvalue weighted by molar-refractivity contribution is 0.541. The molecular weight excluding hydrogens is 144 g/mol. The van der Waals surface area contributed by atoms with Crippen molar-refractivity contribution in [2.24, 2.45) is 17.4 Å². The van der Waals surface area contributed by atoms with Gasteiger partial charge in [-0.05, 0) is 18.8 Å². The molecule has 0 saturated carbocycles. The molecule has 0 saturated heterocycles. The first-order valence-electron chi connectivity index (χ1n) is 3.59. The maximum atomic E-state index is 5.60. The summed E-state index contributed by atoms with van der Waals surface area (Å²) in [7, 11) is 0. The molecular formula is C7H16N2S. The molecule has 60 valence electrons. The Labute approximate surface area is 68.0 Å². The minimum absolute atomic E-state index is 0.0857. The van der Waals surface area contributed by atoms with Gasteiger partial charge in [0.2, 0.25) is 0 Å². The van der Waals surface area contributed by atoms with Gasteiger partial charge < -0.3 is 11.5 Å². The zero-order chi connectivity index (χ0) is 8.15. The number of hydrogen-bond donors (Lipinski definition) is 2. The summed E-state index contributed by atoms with van der Waals surface area (Å²) in [6.45, 7) is 4.32. The predicted molar refractivity (Wildman–Crippen MR) is 48.8 cm³/mol. The largest absolute Gasteiger partial charge is 0.392 e. The van der Waals surface area contributed by atoms with Crippen molar-refractivity contribution in [2.45, 2.75) is 32.7 Å². The number of thiocarbonyl (C=S) groups is 1. The Morgan fingerprint density at radius 3 is 2.20 bits per heavy atom. The van der Waals surface area contributed by atoms with Gasteiger partial charge in [0.05, 0.1) is 11.0 Å². The number of hydrogen-bond acceptors (Lipinski definition) is 2. The molecule has 10 heavy (non-hydrogen) atoms. The van der Waals surface area contributed by atoms with Crippen LogP contribution in [-0.4, -0.2) is 11.0 Å². The predicted octanol–water partition coefficient (Wildman–Crippen LogP) is 1.04. The SMILES string of the molecule is CC(C)CCC(N)C(N)=S. The summed E-state index contributed by atoms with van der Waals surface area (Å²) in [4.78, 5) is 0.431. The third-order valence-corrected chi connectivity index (χ3v) is 1.72. The Kier molecular flexibility index (Phi) is 4.56. The van der Waals surface area contributed by atoms with E-state index in [0.717, 1.165) is 12.8 Å². The Morgan fingerprint density at radius 1 is 1.40 bits per heavy atom. The van der Waals surface area contributed by atoms with E-state index < -0.39 is 0 Å². The van der Waals surface area contributed by atoms with Gasteiger partial charge in [-0.3, -0.25) is 0 Å². The molecule has 0 bridgehead atoms. The second-order valence-electron chi connectivity index (χ2n) is 2.98. The fourth-order valence-electron chi connectivity index (χ4n) is 0.655. The molecule has 4 N–H and O–H groups in total. The molecule has 0 fully saturated rings. The first-order valence-corrected chi connectivity index (χ1v) is 3.99. The van der Waals surface area contributed by atoms with Crippen molar-refractivity contribution in [1.82, 2.24) is 0 Å². The van der Waals surface area contributed by atoms with Gasteiger partial charge in [-0.1, -0.05) is 26.1 Å². The van der Waals surface area contributed by atoms with Crippen LogP contribution in [0.25, 0.3) is 0 Å². The van der Waals surface area contributed by atoms with Crippen molar-refractivity contribution in [1.29, 1.82) is 0 Å². The van der Waals surface area contributed by atoms with Gasteiger partial charge in [0.15, 0.2) is 0 Å². The first kappa shape index (κ1) is 9.85. The van der Waals surface area contributed by atoms with Gasteiger partial charge >= 0.3 is 0 Å². The summed E-state index contributed by atoms with van der Waals surface area (Å²) in [5.41, 5.74) is 10.9. The van der Waals surface area contributed by atoms with Crippen molar-refractivity contribution < 1.29 is 0 Å². The molecule has 0 rings (SSSR count). The van der Waals surface area contributed by atoms with Crippen LogP contribution >= 0.6 is 12.2 Å². The lowest BCUT2D eigenvalue weighted by Gasteiger charge is -2.10. The van der Waals surface area contributed by atoms with E-state index in [2.05, 4.69) is 13.8 Å². The highest BCUT2D eigenvalue weighted by Gasteiger charge is 2.05. The number of rotatable bonds is 4. The molecule has 1 unspecified atom stereocenters. The van der Waals surface area contributed by atoms with Crippen LogP contribution in [0.4, 0.5) is 0 Å². The van der Waals surface area contributed by atoms with E-state index >= 15 is 0 Å². The van der Waals surface area contributed by atoms with Crippen molar-refractivity contribution in [2.75, 3.05) is 0 Å². The van der Waals surface area contributed by atoms with Crippen LogP contribution in [0.15, 0.2) is 0 Å². The summed E-state index contributed by atoms with van der Waals surface area (Å²) >= 11 is 4.72. The minimum Gasteiger partial charge on any atom is -0.392 e. The summed E-state index contributed by atoms with van der Waals surface area (Å²) in [5.74, 6) is 0.681. The van der Waals surface area contributed by atoms with Crippen LogP contribution < -0.4 is 11.5 Å². The van der Waals surface area contributed by atoms with E-state index in [4.69, 9.17) is 23.7 Å². The Hall–Kier alpha value is -0.150. The molecule has 0 amide bonds. The Morgan fingerprint density at radius 2 is 1.90 bits per heavy atom. The average molecular weight is 160 g/mol. The molecule has 3 heteroatoms. The van der Waals surface area contributed by atoms with Gasteiger partial charge in [-0.15, -0.1) is 0 Å². The van der Waals surface area contributed by atoms with Crippen molar-refractivity contribution in [3.05, 3.63) is 0 Å². The molecule has 2 nitrogen and oxygen atoms in total. The standard InChI is InChI=1S/C7H16N2S/c1-5(2)3-4-6(8)7(9)10/h5-6H,3-4,8H2,1-2H3,(H2,9,10). The highest BCUT2D eigenvalue weighted by atomic mass is 32.1. The van der Waals surface area contributed by atoms with Gasteiger partial charge in [0.25, 0.3) is 0 Å². The van der Waals surface area contributed by atoms with E-state index in [-0.39, 0.29) is 6.04 Å². The third-order valence-electron chi connectivity index (χ3n) is 1.42. The molecule has 0 heterocycles. The minimum atomic E-state index is -0.0857. The molecule has 1 atom stereocenters. The third kappa shape index (κ3) is 4.70. The summed E-state index contributed by atoms with van der Waals surface area (Å²) in [6.07, 6.45) is 2.01. The molecule has 0 radical (unpaired) electrons. The fourth-order valence-corrected chi connectivity index (χ4v) is 0.773. The second-order valence-corrected chi connectivity index (χ2v) is 3.45. The zero-order valence-electron chi connectivity index (χ0n) is 6.63. The topological polar surface area (TPSA) is 52.0 Å². The van der Waals surface area contributed by atoms with Crippen molar-refractivity contribution in [3.63, 3.8) is 0 Å². The molecule has 0 aliphatic heterocycles. The van der Waals surface area contributed by atoms with Gasteiger partial charge in [0, 0.05) is 0 Å². The maximum Gasteiger partial charge on any atom is 0.0897 e. The van der Waals surface area contributed by atoms with Gasteiger partial charge in [0.1, 0.15) is 0 Å². The lowest BCUT2D eigenvalue weighted by Crippen LogP contribution is -2.34. The van der Waals surface area contributed by atoms with E-state index in [9.17, 15) is 0 Å². The fraction of sp³-hybridized carbons (Fsp3) is 0.857. The van der Waals surface area contributed by atoms with Crippen molar-refractivity contribution in [3.8, 4) is 0 Å². The quantitative estimate of drug-likeness (QED) is 0.604. The van der Waals surface area contributed by atoms with Crippen LogP contribution in [0.5, 0.6) is 0 Å². The van der Waals surface area contributed by atoms with E-state index in [1.165, 1.54) is 0 Å². The van der Waals surface area contributed by atoms with Crippen molar-refractivity contribution >= 4 is 17.2 Å². The van der Waals surface area contributed by atoms with Crippen LogP contribution in [0, 0.1) is 5.92 Å².